The summed E-state index contributed by atoms with van der Waals surface area (Å²) >= 11 is 6.13. The Bertz CT molecular complexity index is 612. The highest BCUT2D eigenvalue weighted by Crippen LogP contribution is 2.30. The predicted octanol–water partition coefficient (Wildman–Crippen LogP) is 4.20. The molecule has 21 heavy (non-hydrogen) atoms. The molecule has 4 heteroatoms. The van der Waals surface area contributed by atoms with Crippen LogP contribution in [0, 0.1) is 5.92 Å². The van der Waals surface area contributed by atoms with Crippen LogP contribution in [0.3, 0.4) is 0 Å². The van der Waals surface area contributed by atoms with Gasteiger partial charge in [0.15, 0.2) is 0 Å². The van der Waals surface area contributed by atoms with Crippen molar-refractivity contribution >= 4 is 22.6 Å². The molecule has 1 aromatic carbocycles. The van der Waals surface area contributed by atoms with Crippen molar-refractivity contribution in [1.29, 1.82) is 0 Å². The summed E-state index contributed by atoms with van der Waals surface area (Å²) in [6, 6.07) is 6.09. The second kappa shape index (κ2) is 6.37. The Morgan fingerprint density at radius 1 is 1.33 bits per heavy atom. The summed E-state index contributed by atoms with van der Waals surface area (Å²) in [4.78, 5) is 4.93. The van der Waals surface area contributed by atoms with Gasteiger partial charge in [-0.1, -0.05) is 25.4 Å². The van der Waals surface area contributed by atoms with Gasteiger partial charge in [-0.25, -0.2) is 4.98 Å². The summed E-state index contributed by atoms with van der Waals surface area (Å²) in [6.45, 7) is 7.80. The van der Waals surface area contributed by atoms with Crippen LogP contribution in [0.25, 0.3) is 11.0 Å². The number of hydrogen-bond donors (Lipinski definition) is 1. The summed E-state index contributed by atoms with van der Waals surface area (Å²) in [7, 11) is 0. The van der Waals surface area contributed by atoms with E-state index in [1.54, 1.807) is 0 Å². The van der Waals surface area contributed by atoms with E-state index in [0.717, 1.165) is 30.2 Å². The molecule has 0 radical (unpaired) electrons. The molecule has 0 saturated carbocycles. The van der Waals surface area contributed by atoms with Crippen LogP contribution < -0.4 is 5.32 Å². The van der Waals surface area contributed by atoms with Crippen LogP contribution in [0.4, 0.5) is 0 Å². The van der Waals surface area contributed by atoms with Gasteiger partial charge in [-0.3, -0.25) is 0 Å². The molecule has 1 saturated heterocycles. The van der Waals surface area contributed by atoms with E-state index >= 15 is 0 Å². The fourth-order valence-electron chi connectivity index (χ4n) is 3.14. The average molecular weight is 306 g/mol. The lowest BCUT2D eigenvalue weighted by Gasteiger charge is -2.23. The number of aromatic nitrogens is 2. The van der Waals surface area contributed by atoms with E-state index < -0.39 is 0 Å². The molecule has 0 unspecified atom stereocenters. The second-order valence-corrected chi connectivity index (χ2v) is 6.90. The normalized spacial score (nSPS) is 17.0. The number of rotatable bonds is 4. The van der Waals surface area contributed by atoms with Crippen LogP contribution in [0.15, 0.2) is 18.2 Å². The number of aryl methyl sites for hydroxylation is 1. The van der Waals surface area contributed by atoms with Crippen molar-refractivity contribution in [1.82, 2.24) is 14.9 Å². The van der Waals surface area contributed by atoms with Crippen LogP contribution in [0.2, 0.25) is 5.02 Å². The molecule has 0 bridgehead atoms. The van der Waals surface area contributed by atoms with E-state index in [1.807, 2.05) is 12.1 Å². The summed E-state index contributed by atoms with van der Waals surface area (Å²) < 4.78 is 2.43. The highest BCUT2D eigenvalue weighted by molar-refractivity contribution is 6.31. The lowest BCUT2D eigenvalue weighted by Crippen LogP contribution is -2.28. The van der Waals surface area contributed by atoms with Crippen LogP contribution in [0.5, 0.6) is 0 Å². The quantitative estimate of drug-likeness (QED) is 0.917. The molecule has 3 rings (SSSR count). The molecule has 1 aliphatic heterocycles. The van der Waals surface area contributed by atoms with Gasteiger partial charge in [0.25, 0.3) is 0 Å². The summed E-state index contributed by atoms with van der Waals surface area (Å²) in [5.41, 5.74) is 2.27. The smallest absolute Gasteiger partial charge is 0.113 e. The Balaban J connectivity index is 2.00. The Morgan fingerprint density at radius 2 is 2.10 bits per heavy atom. The van der Waals surface area contributed by atoms with E-state index in [0.29, 0.717) is 11.8 Å². The van der Waals surface area contributed by atoms with Crippen molar-refractivity contribution in [3.8, 4) is 0 Å². The van der Waals surface area contributed by atoms with Crippen LogP contribution in [0.1, 0.15) is 44.9 Å². The lowest BCUT2D eigenvalue weighted by atomic mass is 9.97. The largest absolute Gasteiger partial charge is 0.328 e. The first-order valence-corrected chi connectivity index (χ1v) is 8.39. The van der Waals surface area contributed by atoms with Gasteiger partial charge in [-0.05, 0) is 56.5 Å². The number of piperidine rings is 1. The van der Waals surface area contributed by atoms with Crippen LogP contribution >= 0.6 is 11.6 Å². The Kier molecular flexibility index (Phi) is 4.51. The minimum absolute atomic E-state index is 0.574. The fourth-order valence-corrected chi connectivity index (χ4v) is 3.30. The summed E-state index contributed by atoms with van der Waals surface area (Å²) in [6.07, 6.45) is 3.55. The highest BCUT2D eigenvalue weighted by Gasteiger charge is 2.22. The molecule has 2 heterocycles. The molecule has 1 N–H and O–H groups in total. The highest BCUT2D eigenvalue weighted by atomic mass is 35.5. The monoisotopic (exact) mass is 305 g/mol. The van der Waals surface area contributed by atoms with Crippen LogP contribution in [-0.4, -0.2) is 22.6 Å². The topological polar surface area (TPSA) is 29.9 Å². The second-order valence-electron chi connectivity index (χ2n) is 6.46. The van der Waals surface area contributed by atoms with E-state index in [2.05, 4.69) is 29.8 Å². The first-order chi connectivity index (χ1) is 10.1. The van der Waals surface area contributed by atoms with E-state index in [1.165, 1.54) is 30.6 Å². The molecule has 1 aliphatic rings. The molecule has 0 atom stereocenters. The van der Waals surface area contributed by atoms with Gasteiger partial charge < -0.3 is 9.88 Å². The number of imidazole rings is 1. The fraction of sp³-hybridized carbons (Fsp3) is 0.588. The molecule has 0 spiro atoms. The summed E-state index contributed by atoms with van der Waals surface area (Å²) in [5.74, 6) is 2.54. The van der Waals surface area contributed by atoms with Crippen molar-refractivity contribution in [2.24, 2.45) is 5.92 Å². The van der Waals surface area contributed by atoms with Crippen molar-refractivity contribution in [3.63, 3.8) is 0 Å². The lowest BCUT2D eigenvalue weighted by molar-refractivity contribution is 0.422. The predicted molar refractivity (Wildman–Crippen MR) is 89.0 cm³/mol. The van der Waals surface area contributed by atoms with E-state index in [9.17, 15) is 0 Å². The van der Waals surface area contributed by atoms with Crippen molar-refractivity contribution < 1.29 is 0 Å². The number of nitrogens with zero attached hydrogens (tertiary/aromatic N) is 2. The Hall–Kier alpha value is -1.06. The molecule has 1 fully saturated rings. The van der Waals surface area contributed by atoms with Gasteiger partial charge in [-0.15, -0.1) is 0 Å². The zero-order valence-corrected chi connectivity index (χ0v) is 13.7. The van der Waals surface area contributed by atoms with Crippen molar-refractivity contribution in [2.45, 2.75) is 45.6 Å². The first kappa shape index (κ1) is 14.9. The number of halogens is 1. The standard InChI is InChI=1S/C17H24ClN3/c1-12(2)7-10-21-16-4-3-14(18)11-15(16)20-17(21)13-5-8-19-9-6-13/h3-4,11-13,19H,5-10H2,1-2H3. The van der Waals surface area contributed by atoms with E-state index in [-0.39, 0.29) is 0 Å². The van der Waals surface area contributed by atoms with Crippen molar-refractivity contribution in [3.05, 3.63) is 29.0 Å². The van der Waals surface area contributed by atoms with Gasteiger partial charge in [-0.2, -0.15) is 0 Å². The molecule has 114 valence electrons. The molecule has 0 aliphatic carbocycles. The minimum atomic E-state index is 0.574. The Morgan fingerprint density at radius 3 is 2.81 bits per heavy atom. The third kappa shape index (κ3) is 3.24. The van der Waals surface area contributed by atoms with Gasteiger partial charge in [0.05, 0.1) is 11.0 Å². The Labute approximate surface area is 131 Å². The van der Waals surface area contributed by atoms with Gasteiger partial charge in [0.1, 0.15) is 5.82 Å². The first-order valence-electron chi connectivity index (χ1n) is 8.01. The molecular formula is C17H24ClN3. The number of benzene rings is 1. The van der Waals surface area contributed by atoms with Gasteiger partial charge in [0, 0.05) is 17.5 Å². The molecule has 2 aromatic rings. The van der Waals surface area contributed by atoms with Crippen molar-refractivity contribution in [2.75, 3.05) is 13.1 Å². The maximum Gasteiger partial charge on any atom is 0.113 e. The number of fused-ring (bicyclic) bond motifs is 1. The van der Waals surface area contributed by atoms with E-state index in [4.69, 9.17) is 16.6 Å². The summed E-state index contributed by atoms with van der Waals surface area (Å²) in [5, 5.41) is 4.21. The number of hydrogen-bond acceptors (Lipinski definition) is 2. The SMILES string of the molecule is CC(C)CCn1c(C2CCNCC2)nc2cc(Cl)ccc21. The van der Waals surface area contributed by atoms with Gasteiger partial charge in [0.2, 0.25) is 0 Å². The molecule has 1 aromatic heterocycles. The molecular weight excluding hydrogens is 282 g/mol. The maximum atomic E-state index is 6.13. The van der Waals surface area contributed by atoms with Gasteiger partial charge >= 0.3 is 0 Å². The zero-order valence-electron chi connectivity index (χ0n) is 12.9. The number of nitrogens with one attached hydrogen (secondary N) is 1. The average Bonchev–Trinajstić information content (AvgIpc) is 2.83. The minimum Gasteiger partial charge on any atom is -0.328 e. The maximum absolute atomic E-state index is 6.13. The molecule has 0 amide bonds. The zero-order chi connectivity index (χ0) is 14.8. The third-order valence-electron chi connectivity index (χ3n) is 4.37. The third-order valence-corrected chi connectivity index (χ3v) is 4.61. The molecule has 3 nitrogen and oxygen atoms in total. The van der Waals surface area contributed by atoms with Crippen LogP contribution in [-0.2, 0) is 6.54 Å².